The molecule has 1 N–H and O–H groups in total. The van der Waals surface area contributed by atoms with Crippen LogP contribution in [-0.2, 0) is 4.79 Å². The smallest absolute Gasteiger partial charge is 0.312 e. The summed E-state index contributed by atoms with van der Waals surface area (Å²) < 4.78 is 12.5. The lowest BCUT2D eigenvalue weighted by atomic mass is 9.86. The lowest BCUT2D eigenvalue weighted by Crippen LogP contribution is -2.39. The number of likely N-dealkylation sites (N-methyl/N-ethyl adjacent to an activating group) is 1. The van der Waals surface area contributed by atoms with Crippen molar-refractivity contribution in [1.29, 1.82) is 0 Å². The molecule has 3 unspecified atom stereocenters. The fraction of sp³-hybridized carbons (Fsp3) is 0.321. The number of carboxylic acids is 1. The van der Waals surface area contributed by atoms with E-state index in [1.807, 2.05) is 118 Å². The monoisotopic (exact) mass is 447 g/mol. The summed E-state index contributed by atoms with van der Waals surface area (Å²) in [4.78, 5) is 14.4. The lowest BCUT2D eigenvalue weighted by Gasteiger charge is -2.33. The van der Waals surface area contributed by atoms with Crippen LogP contribution in [0.2, 0.25) is 0 Å². The van der Waals surface area contributed by atoms with Crippen molar-refractivity contribution in [1.82, 2.24) is 4.90 Å². The van der Waals surface area contributed by atoms with Gasteiger partial charge >= 0.3 is 5.97 Å². The van der Waals surface area contributed by atoms with Gasteiger partial charge in [0.15, 0.2) is 11.5 Å². The Balaban J connectivity index is 1.98. The maximum atomic E-state index is 12.4. The van der Waals surface area contributed by atoms with Crippen LogP contribution in [0.15, 0.2) is 84.9 Å². The summed E-state index contributed by atoms with van der Waals surface area (Å²) in [6.45, 7) is 3.95. The standard InChI is InChI=1S/C28H33NO4/c1-20(2)32-24-17-11-12-18-25(24)33-26(21-13-7-5-8-14-21)19-23(29(3)4)27(28(30)31)22-15-9-6-10-16-22/h5-18,20,23,26-27H,19H2,1-4H3,(H,30,31). The Hall–Kier alpha value is -3.31. The highest BCUT2D eigenvalue weighted by atomic mass is 16.5. The Morgan fingerprint density at radius 3 is 1.76 bits per heavy atom. The molecule has 0 radical (unpaired) electrons. The van der Waals surface area contributed by atoms with E-state index in [1.54, 1.807) is 0 Å². The quantitative estimate of drug-likeness (QED) is 0.404. The van der Waals surface area contributed by atoms with Crippen molar-refractivity contribution in [3.8, 4) is 11.5 Å². The summed E-state index contributed by atoms with van der Waals surface area (Å²) >= 11 is 0. The molecule has 3 aromatic rings. The first-order valence-electron chi connectivity index (χ1n) is 11.3. The normalized spacial score (nSPS) is 14.0. The second-order valence-corrected chi connectivity index (χ2v) is 8.62. The van der Waals surface area contributed by atoms with Crippen molar-refractivity contribution >= 4 is 5.97 Å². The Kier molecular flexibility index (Phi) is 8.50. The highest BCUT2D eigenvalue weighted by Gasteiger charge is 2.34. The van der Waals surface area contributed by atoms with E-state index in [9.17, 15) is 9.90 Å². The van der Waals surface area contributed by atoms with Crippen LogP contribution < -0.4 is 9.47 Å². The first-order chi connectivity index (χ1) is 15.9. The second kappa shape index (κ2) is 11.5. The highest BCUT2D eigenvalue weighted by molar-refractivity contribution is 5.77. The molecule has 0 saturated carbocycles. The molecule has 0 fully saturated rings. The maximum Gasteiger partial charge on any atom is 0.312 e. The first-order valence-corrected chi connectivity index (χ1v) is 11.3. The topological polar surface area (TPSA) is 59.0 Å². The molecule has 0 amide bonds. The molecule has 3 rings (SSSR count). The van der Waals surface area contributed by atoms with Gasteiger partial charge in [-0.05, 0) is 51.2 Å². The first kappa shape index (κ1) is 24.3. The van der Waals surface area contributed by atoms with E-state index in [1.165, 1.54) is 0 Å². The fourth-order valence-electron chi connectivity index (χ4n) is 4.03. The minimum Gasteiger partial charge on any atom is -0.487 e. The highest BCUT2D eigenvalue weighted by Crippen LogP contribution is 2.36. The molecule has 0 aliphatic heterocycles. The summed E-state index contributed by atoms with van der Waals surface area (Å²) in [7, 11) is 3.84. The van der Waals surface area contributed by atoms with Crippen LogP contribution >= 0.6 is 0 Å². The second-order valence-electron chi connectivity index (χ2n) is 8.62. The molecular formula is C28H33NO4. The SMILES string of the molecule is CC(C)Oc1ccccc1OC(CC(C(C(=O)O)c1ccccc1)N(C)C)c1ccccc1. The molecule has 0 saturated heterocycles. The van der Waals surface area contributed by atoms with E-state index in [4.69, 9.17) is 9.47 Å². The Morgan fingerprint density at radius 1 is 0.788 bits per heavy atom. The van der Waals surface area contributed by atoms with Crippen molar-refractivity contribution in [2.75, 3.05) is 14.1 Å². The van der Waals surface area contributed by atoms with E-state index in [0.717, 1.165) is 11.1 Å². The van der Waals surface area contributed by atoms with Crippen LogP contribution in [0.5, 0.6) is 11.5 Å². The Bertz CT molecular complexity index is 1000. The van der Waals surface area contributed by atoms with Crippen molar-refractivity contribution < 1.29 is 19.4 Å². The van der Waals surface area contributed by atoms with Gasteiger partial charge in [0.2, 0.25) is 0 Å². The molecule has 3 aromatic carbocycles. The molecule has 5 nitrogen and oxygen atoms in total. The van der Waals surface area contributed by atoms with Gasteiger partial charge in [-0.3, -0.25) is 4.79 Å². The third kappa shape index (κ3) is 6.59. The van der Waals surface area contributed by atoms with E-state index >= 15 is 0 Å². The molecule has 0 spiro atoms. The average Bonchev–Trinajstić information content (AvgIpc) is 2.79. The van der Waals surface area contributed by atoms with Crippen LogP contribution in [0.3, 0.4) is 0 Å². The van der Waals surface area contributed by atoms with Crippen molar-refractivity contribution in [2.24, 2.45) is 0 Å². The average molecular weight is 448 g/mol. The fourth-order valence-corrected chi connectivity index (χ4v) is 4.03. The predicted octanol–water partition coefficient (Wildman–Crippen LogP) is 5.78. The number of rotatable bonds is 11. The van der Waals surface area contributed by atoms with Crippen LogP contribution in [-0.4, -0.2) is 42.2 Å². The number of ether oxygens (including phenoxy) is 2. The Morgan fingerprint density at radius 2 is 1.27 bits per heavy atom. The minimum atomic E-state index is -0.852. The number of hydrogen-bond acceptors (Lipinski definition) is 4. The van der Waals surface area contributed by atoms with Crippen molar-refractivity contribution in [2.45, 2.75) is 44.4 Å². The number of aliphatic carboxylic acids is 1. The molecule has 0 bridgehead atoms. The van der Waals surface area contributed by atoms with E-state index in [0.29, 0.717) is 17.9 Å². The van der Waals surface area contributed by atoms with Gasteiger partial charge in [-0.15, -0.1) is 0 Å². The summed E-state index contributed by atoms with van der Waals surface area (Å²) in [6.07, 6.45) is 0.133. The number of nitrogens with zero attached hydrogens (tertiary/aromatic N) is 1. The van der Waals surface area contributed by atoms with E-state index in [2.05, 4.69) is 0 Å². The van der Waals surface area contributed by atoms with Gasteiger partial charge in [0, 0.05) is 12.5 Å². The zero-order chi connectivity index (χ0) is 23.8. The summed E-state index contributed by atoms with van der Waals surface area (Å²) in [6, 6.07) is 26.7. The largest absolute Gasteiger partial charge is 0.487 e. The maximum absolute atomic E-state index is 12.4. The zero-order valence-corrected chi connectivity index (χ0v) is 19.7. The van der Waals surface area contributed by atoms with Crippen LogP contribution in [0.4, 0.5) is 0 Å². The van der Waals surface area contributed by atoms with Crippen LogP contribution in [0.1, 0.15) is 43.4 Å². The molecule has 33 heavy (non-hydrogen) atoms. The van der Waals surface area contributed by atoms with Crippen LogP contribution in [0, 0.1) is 0 Å². The van der Waals surface area contributed by atoms with Gasteiger partial charge in [0.1, 0.15) is 6.10 Å². The minimum absolute atomic E-state index is 0.00826. The summed E-state index contributed by atoms with van der Waals surface area (Å²) in [5.74, 6) is -0.231. The molecule has 0 aliphatic rings. The van der Waals surface area contributed by atoms with Crippen molar-refractivity contribution in [3.05, 3.63) is 96.1 Å². The van der Waals surface area contributed by atoms with Gasteiger partial charge < -0.3 is 19.5 Å². The summed E-state index contributed by atoms with van der Waals surface area (Å²) in [5.41, 5.74) is 1.76. The number of benzene rings is 3. The zero-order valence-electron chi connectivity index (χ0n) is 19.7. The van der Waals surface area contributed by atoms with Gasteiger partial charge in [-0.25, -0.2) is 0 Å². The predicted molar refractivity (Wildman–Crippen MR) is 131 cm³/mol. The molecule has 5 heteroatoms. The number of para-hydroxylation sites is 2. The molecule has 174 valence electrons. The number of hydrogen-bond donors (Lipinski definition) is 1. The number of carboxylic acid groups (broad SMARTS) is 1. The van der Waals surface area contributed by atoms with Gasteiger partial charge in [0.25, 0.3) is 0 Å². The third-order valence-electron chi connectivity index (χ3n) is 5.58. The number of carbonyl (C=O) groups is 1. The van der Waals surface area contributed by atoms with Crippen molar-refractivity contribution in [3.63, 3.8) is 0 Å². The molecule has 0 heterocycles. The summed E-state index contributed by atoms with van der Waals surface area (Å²) in [5, 5.41) is 10.2. The van der Waals surface area contributed by atoms with E-state index < -0.39 is 11.9 Å². The van der Waals surface area contributed by atoms with Crippen LogP contribution in [0.25, 0.3) is 0 Å². The lowest BCUT2D eigenvalue weighted by molar-refractivity contribution is -0.140. The van der Waals surface area contributed by atoms with Gasteiger partial charge in [-0.1, -0.05) is 72.8 Å². The van der Waals surface area contributed by atoms with E-state index in [-0.39, 0.29) is 18.2 Å². The molecule has 0 aliphatic carbocycles. The third-order valence-corrected chi connectivity index (χ3v) is 5.58. The van der Waals surface area contributed by atoms with Gasteiger partial charge in [0.05, 0.1) is 12.0 Å². The molecule has 0 aromatic heterocycles. The Labute approximate surface area is 196 Å². The molecular weight excluding hydrogens is 414 g/mol. The molecule has 3 atom stereocenters. The van der Waals surface area contributed by atoms with Gasteiger partial charge in [-0.2, -0.15) is 0 Å².